The van der Waals surface area contributed by atoms with E-state index in [4.69, 9.17) is 15.2 Å². The van der Waals surface area contributed by atoms with Gasteiger partial charge in [0.25, 0.3) is 0 Å². The molecule has 1 aliphatic rings. The molecule has 4 atom stereocenters. The van der Waals surface area contributed by atoms with Gasteiger partial charge in [0.2, 0.25) is 11.8 Å². The summed E-state index contributed by atoms with van der Waals surface area (Å²) in [5.41, 5.74) is 5.70. The first-order chi connectivity index (χ1) is 18.6. The number of methoxy groups -OCH3 is 1. The third-order valence-electron chi connectivity index (χ3n) is 6.97. The number of carbonyl (C=O) groups is 2. The Labute approximate surface area is 237 Å². The molecule has 1 aliphatic heterocycles. The third kappa shape index (κ3) is 4.56. The fourth-order valence-corrected chi connectivity index (χ4v) is 5.64. The summed E-state index contributed by atoms with van der Waals surface area (Å²) < 4.78 is 13.3. The molecule has 4 N–H and O–H groups in total. The summed E-state index contributed by atoms with van der Waals surface area (Å²) >= 11 is 1.98. The number of benzene rings is 2. The number of rotatable bonds is 7. The molecule has 1 fully saturated rings. The Morgan fingerprint density at radius 2 is 1.82 bits per heavy atom. The Kier molecular flexibility index (Phi) is 7.13. The minimum atomic E-state index is -2.32. The number of ether oxygens (including phenoxy) is 2. The molecule has 0 radical (unpaired) electrons. The molecule has 12 heteroatoms. The van der Waals surface area contributed by atoms with Crippen molar-refractivity contribution < 1.29 is 29.3 Å². The highest BCUT2D eigenvalue weighted by Crippen LogP contribution is 2.43. The first kappa shape index (κ1) is 27.1. The molecule has 2 unspecified atom stereocenters. The van der Waals surface area contributed by atoms with Gasteiger partial charge in [-0.3, -0.25) is 9.59 Å². The van der Waals surface area contributed by atoms with Crippen LogP contribution in [-0.4, -0.2) is 60.3 Å². The molecule has 3 heterocycles. The molecule has 0 saturated carbocycles. The van der Waals surface area contributed by atoms with E-state index in [1.807, 2.05) is 22.6 Å². The summed E-state index contributed by atoms with van der Waals surface area (Å²) in [4.78, 5) is 36.0. The molecular formula is C27H26IN5O6. The van der Waals surface area contributed by atoms with Crippen LogP contribution in [0.15, 0.2) is 48.5 Å². The van der Waals surface area contributed by atoms with Crippen molar-refractivity contribution in [1.29, 1.82) is 0 Å². The maximum absolute atomic E-state index is 13.9. The van der Waals surface area contributed by atoms with E-state index in [1.165, 1.54) is 11.8 Å². The first-order valence-electron chi connectivity index (χ1n) is 12.1. The number of Topliss-reactive ketones (excluding diaryl/α,β-unsaturated/α-hetero) is 2. The van der Waals surface area contributed by atoms with E-state index in [-0.39, 0.29) is 29.5 Å². The number of ketones is 2. The molecule has 2 aromatic carbocycles. The predicted octanol–water partition coefficient (Wildman–Crippen LogP) is 2.84. The van der Waals surface area contributed by atoms with Gasteiger partial charge in [0, 0.05) is 12.0 Å². The quantitative estimate of drug-likeness (QED) is 0.202. The van der Waals surface area contributed by atoms with Gasteiger partial charge in [0.1, 0.15) is 15.2 Å². The van der Waals surface area contributed by atoms with Crippen LogP contribution in [0, 0.1) is 17.5 Å². The van der Waals surface area contributed by atoms with Gasteiger partial charge >= 0.3 is 0 Å². The second-order valence-corrected chi connectivity index (χ2v) is 10.5. The Morgan fingerprint density at radius 1 is 1.15 bits per heavy atom. The van der Waals surface area contributed by atoms with Crippen molar-refractivity contribution in [3.63, 3.8) is 0 Å². The molecule has 202 valence electrons. The van der Waals surface area contributed by atoms with Gasteiger partial charge in [0.05, 0.1) is 7.11 Å². The highest BCUT2D eigenvalue weighted by Gasteiger charge is 2.58. The third-order valence-corrected chi connectivity index (χ3v) is 7.72. The molecule has 0 bridgehead atoms. The van der Waals surface area contributed by atoms with Crippen molar-refractivity contribution in [1.82, 2.24) is 19.7 Å². The molecule has 0 spiro atoms. The van der Waals surface area contributed by atoms with Crippen LogP contribution >= 0.6 is 22.6 Å². The Morgan fingerprint density at radius 3 is 2.49 bits per heavy atom. The number of aromatic nitrogens is 4. The van der Waals surface area contributed by atoms with E-state index < -0.39 is 35.6 Å². The minimum absolute atomic E-state index is 0.0799. The van der Waals surface area contributed by atoms with Crippen molar-refractivity contribution in [2.24, 2.45) is 0 Å². The van der Waals surface area contributed by atoms with Crippen molar-refractivity contribution in [2.75, 3.05) is 12.8 Å². The Bertz CT molecular complexity index is 1610. The van der Waals surface area contributed by atoms with Gasteiger partial charge in [-0.15, -0.1) is 0 Å². The summed E-state index contributed by atoms with van der Waals surface area (Å²) in [5, 5.41) is 28.0. The standard InChI is InChI=1S/C27H26IN5O6/c1-13-8-4-6-10-15(13)19(34)20(35)22-27(37,21(36)16-11-7-5-9-14(16)2)12-17(39-22)33-24-18(23(28)32-33)25(38-3)31-26(29)30-24/h4-11,17,19,22,34,37H,12H2,1-3H3,(H2,29,30,31)/t17?,19?,22-,27-/m1/s1. The second kappa shape index (κ2) is 10.3. The highest BCUT2D eigenvalue weighted by molar-refractivity contribution is 14.1. The number of nitrogens with two attached hydrogens (primary N) is 1. The lowest BCUT2D eigenvalue weighted by Gasteiger charge is -2.28. The SMILES string of the molecule is COc1nc(N)nc2c1c(I)nn2C1C[C@@](O)(C(=O)c2ccccc2C)[C@@H](C(=O)C(O)c2ccccc2C)O1. The molecule has 5 rings (SSSR count). The number of nitrogen functional groups attached to an aromatic ring is 1. The lowest BCUT2D eigenvalue weighted by atomic mass is 9.81. The number of fused-ring (bicyclic) bond motifs is 1. The second-order valence-electron chi connectivity index (χ2n) is 9.43. The molecule has 11 nitrogen and oxygen atoms in total. The summed E-state index contributed by atoms with van der Waals surface area (Å²) in [7, 11) is 1.43. The zero-order valence-electron chi connectivity index (χ0n) is 21.3. The van der Waals surface area contributed by atoms with Crippen LogP contribution in [0.1, 0.15) is 45.8 Å². The molecule has 4 aromatic rings. The average Bonchev–Trinajstić information content (AvgIpc) is 3.45. The van der Waals surface area contributed by atoms with E-state index in [0.29, 0.717) is 25.8 Å². The summed E-state index contributed by atoms with van der Waals surface area (Å²) in [5.74, 6) is -1.44. The zero-order chi connectivity index (χ0) is 28.1. The lowest BCUT2D eigenvalue weighted by Crippen LogP contribution is -2.51. The van der Waals surface area contributed by atoms with Gasteiger partial charge in [-0.1, -0.05) is 48.5 Å². The van der Waals surface area contributed by atoms with Crippen molar-refractivity contribution in [3.05, 3.63) is 74.5 Å². The van der Waals surface area contributed by atoms with E-state index in [2.05, 4.69) is 15.1 Å². The number of aliphatic hydroxyl groups excluding tert-OH is 1. The molecule has 39 heavy (non-hydrogen) atoms. The maximum atomic E-state index is 13.9. The normalized spacial score (nSPS) is 21.7. The number of aryl methyl sites for hydroxylation is 2. The van der Waals surface area contributed by atoms with Gasteiger partial charge in [-0.2, -0.15) is 15.1 Å². The van der Waals surface area contributed by atoms with Crippen molar-refractivity contribution >= 4 is 51.1 Å². The number of anilines is 1. The topological polar surface area (TPSA) is 163 Å². The van der Waals surface area contributed by atoms with Crippen molar-refractivity contribution in [2.45, 2.75) is 44.3 Å². The Hall–Kier alpha value is -3.46. The van der Waals surface area contributed by atoms with Crippen LogP contribution < -0.4 is 10.5 Å². The summed E-state index contributed by atoms with van der Waals surface area (Å²) in [6.45, 7) is 3.49. The van der Waals surface area contributed by atoms with Crippen LogP contribution in [0.25, 0.3) is 11.0 Å². The number of carbonyl (C=O) groups excluding carboxylic acids is 2. The molecule has 2 aromatic heterocycles. The minimum Gasteiger partial charge on any atom is -0.480 e. The number of nitrogens with zero attached hydrogens (tertiary/aromatic N) is 4. The monoisotopic (exact) mass is 643 g/mol. The smallest absolute Gasteiger partial charge is 0.230 e. The summed E-state index contributed by atoms with van der Waals surface area (Å²) in [6.07, 6.45) is -4.79. The number of hydrogen-bond acceptors (Lipinski definition) is 10. The molecular weight excluding hydrogens is 617 g/mol. The van der Waals surface area contributed by atoms with Gasteiger partial charge in [0.15, 0.2) is 35.1 Å². The molecule has 0 amide bonds. The van der Waals surface area contributed by atoms with E-state index in [9.17, 15) is 19.8 Å². The predicted molar refractivity (Wildman–Crippen MR) is 149 cm³/mol. The largest absolute Gasteiger partial charge is 0.480 e. The van der Waals surface area contributed by atoms with Crippen molar-refractivity contribution in [3.8, 4) is 5.88 Å². The maximum Gasteiger partial charge on any atom is 0.230 e. The number of hydrogen-bond donors (Lipinski definition) is 3. The summed E-state index contributed by atoms with van der Waals surface area (Å²) in [6, 6.07) is 13.6. The van der Waals surface area contributed by atoms with Crippen LogP contribution in [0.5, 0.6) is 5.88 Å². The van der Waals surface area contributed by atoms with Gasteiger partial charge in [-0.25, -0.2) is 4.68 Å². The van der Waals surface area contributed by atoms with E-state index in [1.54, 1.807) is 62.4 Å². The van der Waals surface area contributed by atoms with E-state index >= 15 is 0 Å². The number of halogens is 1. The fraction of sp³-hybridized carbons (Fsp3) is 0.296. The van der Waals surface area contributed by atoms with Crippen LogP contribution in [-0.2, 0) is 9.53 Å². The highest BCUT2D eigenvalue weighted by atomic mass is 127. The van der Waals surface area contributed by atoms with Crippen LogP contribution in [0.2, 0.25) is 0 Å². The number of aliphatic hydroxyl groups is 2. The van der Waals surface area contributed by atoms with Gasteiger partial charge < -0.3 is 25.4 Å². The van der Waals surface area contributed by atoms with Crippen LogP contribution in [0.3, 0.4) is 0 Å². The zero-order valence-corrected chi connectivity index (χ0v) is 23.5. The molecule has 1 saturated heterocycles. The van der Waals surface area contributed by atoms with Crippen LogP contribution in [0.4, 0.5) is 5.95 Å². The molecule has 0 aliphatic carbocycles. The van der Waals surface area contributed by atoms with Gasteiger partial charge in [-0.05, 0) is 53.1 Å². The average molecular weight is 643 g/mol. The Balaban J connectivity index is 1.62. The fourth-order valence-electron chi connectivity index (χ4n) is 4.93. The van der Waals surface area contributed by atoms with E-state index in [0.717, 1.165) is 0 Å². The lowest BCUT2D eigenvalue weighted by molar-refractivity contribution is -0.148. The first-order valence-corrected chi connectivity index (χ1v) is 13.2.